The maximum atomic E-state index is 12.5. The summed E-state index contributed by atoms with van der Waals surface area (Å²) in [7, 11) is 0. The lowest BCUT2D eigenvalue weighted by Crippen LogP contribution is -2.39. The number of rotatable bonds is 3. The number of piperidine rings is 1. The van der Waals surface area contributed by atoms with Crippen molar-refractivity contribution in [3.8, 4) is 5.88 Å². The highest BCUT2D eigenvalue weighted by atomic mass is 19.4. The Kier molecular flexibility index (Phi) is 3.12. The van der Waals surface area contributed by atoms with Gasteiger partial charge in [-0.05, 0) is 37.3 Å². The largest absolute Gasteiger partial charge is 0.476 e. The van der Waals surface area contributed by atoms with Crippen molar-refractivity contribution in [1.29, 1.82) is 0 Å². The molecule has 2 fully saturated rings. The SMILES string of the molecule is FC(F)(F)c1ccnc(OC[C@@H]2C[C@@H]3C[C@@H]3CN2)c1. The highest BCUT2D eigenvalue weighted by Crippen LogP contribution is 2.44. The van der Waals surface area contributed by atoms with Gasteiger partial charge in [0.15, 0.2) is 0 Å². The van der Waals surface area contributed by atoms with Gasteiger partial charge in [-0.15, -0.1) is 0 Å². The first-order valence-electron chi connectivity index (χ1n) is 6.42. The van der Waals surface area contributed by atoms with Crippen molar-refractivity contribution in [2.45, 2.75) is 25.1 Å². The lowest BCUT2D eigenvalue weighted by Gasteiger charge is -2.22. The van der Waals surface area contributed by atoms with Gasteiger partial charge in [-0.3, -0.25) is 0 Å². The van der Waals surface area contributed by atoms with Crippen molar-refractivity contribution in [3.63, 3.8) is 0 Å². The molecule has 3 rings (SSSR count). The zero-order valence-corrected chi connectivity index (χ0v) is 10.3. The van der Waals surface area contributed by atoms with Crippen molar-refractivity contribution in [2.75, 3.05) is 13.2 Å². The minimum absolute atomic E-state index is 0.0366. The molecule has 2 heterocycles. The van der Waals surface area contributed by atoms with Crippen LogP contribution in [0.3, 0.4) is 0 Å². The van der Waals surface area contributed by atoms with Gasteiger partial charge in [0.1, 0.15) is 6.61 Å². The number of hydrogen-bond donors (Lipinski definition) is 1. The van der Waals surface area contributed by atoms with Crippen molar-refractivity contribution in [3.05, 3.63) is 23.9 Å². The maximum absolute atomic E-state index is 12.5. The summed E-state index contributed by atoms with van der Waals surface area (Å²) in [5.41, 5.74) is -0.726. The van der Waals surface area contributed by atoms with E-state index in [2.05, 4.69) is 10.3 Å². The lowest BCUT2D eigenvalue weighted by atomic mass is 10.1. The Morgan fingerprint density at radius 2 is 2.16 bits per heavy atom. The van der Waals surface area contributed by atoms with Gasteiger partial charge in [0.2, 0.25) is 5.88 Å². The van der Waals surface area contributed by atoms with Crippen LogP contribution >= 0.6 is 0 Å². The molecule has 3 nitrogen and oxygen atoms in total. The molecule has 6 heteroatoms. The Bertz CT molecular complexity index is 463. The van der Waals surface area contributed by atoms with Crippen LogP contribution in [0.25, 0.3) is 0 Å². The first-order valence-corrected chi connectivity index (χ1v) is 6.42. The van der Waals surface area contributed by atoms with Crippen LogP contribution < -0.4 is 10.1 Å². The Morgan fingerprint density at radius 1 is 1.32 bits per heavy atom. The minimum Gasteiger partial charge on any atom is -0.476 e. The first-order chi connectivity index (χ1) is 9.02. The van der Waals surface area contributed by atoms with E-state index in [9.17, 15) is 13.2 Å². The van der Waals surface area contributed by atoms with Crippen LogP contribution in [0.4, 0.5) is 13.2 Å². The normalized spacial score (nSPS) is 29.7. The van der Waals surface area contributed by atoms with Crippen LogP contribution in [-0.2, 0) is 6.18 Å². The van der Waals surface area contributed by atoms with E-state index in [-0.39, 0.29) is 11.9 Å². The third-order valence-corrected chi connectivity index (χ3v) is 3.82. The number of hydrogen-bond acceptors (Lipinski definition) is 3. The zero-order chi connectivity index (χ0) is 13.5. The van der Waals surface area contributed by atoms with E-state index in [0.29, 0.717) is 6.61 Å². The quantitative estimate of drug-likeness (QED) is 0.918. The average molecular weight is 272 g/mol. The summed E-state index contributed by atoms with van der Waals surface area (Å²) in [4.78, 5) is 3.82. The van der Waals surface area contributed by atoms with Gasteiger partial charge in [-0.25, -0.2) is 4.98 Å². The van der Waals surface area contributed by atoms with Gasteiger partial charge in [0, 0.05) is 18.3 Å². The number of ether oxygens (including phenoxy) is 1. The molecule has 0 aromatic carbocycles. The summed E-state index contributed by atoms with van der Waals surface area (Å²) >= 11 is 0. The standard InChI is InChI=1S/C13H15F3N2O/c14-13(15,16)10-1-2-17-12(5-10)19-7-11-4-8-3-9(8)6-18-11/h1-2,5,8-9,11,18H,3-4,6-7H2/t8-,9+,11-/m0/s1. The van der Waals surface area contributed by atoms with Crippen LogP contribution in [0.5, 0.6) is 5.88 Å². The Labute approximate surface area is 109 Å². The number of fused-ring (bicyclic) bond motifs is 1. The van der Waals surface area contributed by atoms with Gasteiger partial charge >= 0.3 is 6.18 Å². The van der Waals surface area contributed by atoms with E-state index >= 15 is 0 Å². The fraction of sp³-hybridized carbons (Fsp3) is 0.615. The number of nitrogens with zero attached hydrogens (tertiary/aromatic N) is 1. The van der Waals surface area contributed by atoms with E-state index in [4.69, 9.17) is 4.74 Å². The first kappa shape index (κ1) is 12.7. The molecule has 19 heavy (non-hydrogen) atoms. The molecule has 1 aliphatic carbocycles. The van der Waals surface area contributed by atoms with E-state index in [1.165, 1.54) is 6.42 Å². The number of aromatic nitrogens is 1. The summed E-state index contributed by atoms with van der Waals surface area (Å²) in [5, 5.41) is 3.35. The molecule has 3 atom stereocenters. The van der Waals surface area contributed by atoms with Gasteiger partial charge in [-0.2, -0.15) is 13.2 Å². The number of alkyl halides is 3. The van der Waals surface area contributed by atoms with E-state index < -0.39 is 11.7 Å². The monoisotopic (exact) mass is 272 g/mol. The number of nitrogens with one attached hydrogen (secondary N) is 1. The van der Waals surface area contributed by atoms with Crippen LogP contribution in [0.2, 0.25) is 0 Å². The van der Waals surface area contributed by atoms with E-state index in [1.807, 2.05) is 0 Å². The third-order valence-electron chi connectivity index (χ3n) is 3.82. The molecular formula is C13H15F3N2O. The second kappa shape index (κ2) is 4.67. The van der Waals surface area contributed by atoms with Crippen LogP contribution in [0, 0.1) is 11.8 Å². The topological polar surface area (TPSA) is 34.1 Å². The smallest absolute Gasteiger partial charge is 0.416 e. The lowest BCUT2D eigenvalue weighted by molar-refractivity contribution is -0.137. The molecule has 1 aliphatic heterocycles. The molecule has 1 N–H and O–H groups in total. The Morgan fingerprint density at radius 3 is 2.89 bits per heavy atom. The number of pyridine rings is 1. The third kappa shape index (κ3) is 3.00. The Hall–Kier alpha value is -1.30. The second-order valence-corrected chi connectivity index (χ2v) is 5.29. The fourth-order valence-electron chi connectivity index (χ4n) is 2.59. The molecule has 1 aromatic rings. The summed E-state index contributed by atoms with van der Waals surface area (Å²) in [6.07, 6.45) is -0.913. The fourth-order valence-corrected chi connectivity index (χ4v) is 2.59. The predicted molar refractivity (Wildman–Crippen MR) is 62.7 cm³/mol. The molecular weight excluding hydrogens is 257 g/mol. The summed E-state index contributed by atoms with van der Waals surface area (Å²) < 4.78 is 42.9. The molecule has 0 spiro atoms. The molecule has 104 valence electrons. The van der Waals surface area contributed by atoms with Gasteiger partial charge < -0.3 is 10.1 Å². The Balaban J connectivity index is 1.57. The molecule has 0 amide bonds. The van der Waals surface area contributed by atoms with Crippen molar-refractivity contribution < 1.29 is 17.9 Å². The van der Waals surface area contributed by atoms with Gasteiger partial charge in [-0.1, -0.05) is 0 Å². The minimum atomic E-state index is -4.36. The average Bonchev–Trinajstić information content (AvgIpc) is 3.14. The molecule has 0 radical (unpaired) electrons. The van der Waals surface area contributed by atoms with E-state index in [0.717, 1.165) is 43.1 Å². The van der Waals surface area contributed by atoms with Gasteiger partial charge in [0.05, 0.1) is 5.56 Å². The van der Waals surface area contributed by atoms with Crippen LogP contribution in [0.15, 0.2) is 18.3 Å². The second-order valence-electron chi connectivity index (χ2n) is 5.29. The van der Waals surface area contributed by atoms with E-state index in [1.54, 1.807) is 0 Å². The molecule has 1 aromatic heterocycles. The highest BCUT2D eigenvalue weighted by Gasteiger charge is 2.42. The molecule has 0 unspecified atom stereocenters. The molecule has 0 bridgehead atoms. The number of halogens is 3. The molecule has 1 saturated heterocycles. The summed E-state index contributed by atoms with van der Waals surface area (Å²) in [6, 6.07) is 2.11. The molecule has 2 aliphatic rings. The zero-order valence-electron chi connectivity index (χ0n) is 10.3. The summed E-state index contributed by atoms with van der Waals surface area (Å²) in [5.74, 6) is 1.63. The van der Waals surface area contributed by atoms with Crippen molar-refractivity contribution >= 4 is 0 Å². The van der Waals surface area contributed by atoms with Crippen molar-refractivity contribution in [1.82, 2.24) is 10.3 Å². The van der Waals surface area contributed by atoms with Crippen LogP contribution in [0.1, 0.15) is 18.4 Å². The predicted octanol–water partition coefficient (Wildman–Crippen LogP) is 2.48. The van der Waals surface area contributed by atoms with Gasteiger partial charge in [0.25, 0.3) is 0 Å². The van der Waals surface area contributed by atoms with Crippen molar-refractivity contribution in [2.24, 2.45) is 11.8 Å². The molecule has 1 saturated carbocycles. The highest BCUT2D eigenvalue weighted by molar-refractivity contribution is 5.23. The maximum Gasteiger partial charge on any atom is 0.416 e. The summed E-state index contributed by atoms with van der Waals surface area (Å²) in [6.45, 7) is 1.37. The van der Waals surface area contributed by atoms with Crippen LogP contribution in [-0.4, -0.2) is 24.2 Å².